The van der Waals surface area contributed by atoms with Crippen LogP contribution in [0.15, 0.2) is 66.7 Å². The van der Waals surface area contributed by atoms with Gasteiger partial charge in [0.2, 0.25) is 0 Å². The fourth-order valence-electron chi connectivity index (χ4n) is 2.74. The smallest absolute Gasteiger partial charge is 0.331 e. The predicted octanol–water partition coefficient (Wildman–Crippen LogP) is 4.14. The number of carbonyl (C=O) groups is 2. The Bertz CT molecular complexity index is 1070. The standard InChI is InChI=1S/C23H21NO5/c1-15(23(27)24-19-10-9-17-5-3-4-6-18(17)14-19)29-22(26)12-8-16-7-11-20(25)21(13-16)28-2/h3-15,25H,1-2H3,(H,24,27)/b12-8+/t15-/m0/s1. The van der Waals surface area contributed by atoms with Crippen molar-refractivity contribution in [2.75, 3.05) is 12.4 Å². The van der Waals surface area contributed by atoms with E-state index >= 15 is 0 Å². The summed E-state index contributed by atoms with van der Waals surface area (Å²) in [5.74, 6) is -0.776. The first-order chi connectivity index (χ1) is 14.0. The second kappa shape index (κ2) is 8.93. The van der Waals surface area contributed by atoms with Gasteiger partial charge in [-0.3, -0.25) is 4.79 Å². The minimum atomic E-state index is -0.965. The van der Waals surface area contributed by atoms with E-state index in [1.165, 1.54) is 32.3 Å². The molecule has 0 aliphatic rings. The summed E-state index contributed by atoms with van der Waals surface area (Å²) < 4.78 is 10.2. The molecule has 0 fully saturated rings. The van der Waals surface area contributed by atoms with Crippen molar-refractivity contribution in [3.05, 3.63) is 72.3 Å². The van der Waals surface area contributed by atoms with Gasteiger partial charge in [0, 0.05) is 11.8 Å². The number of nitrogens with one attached hydrogen (secondary N) is 1. The molecule has 0 saturated carbocycles. The van der Waals surface area contributed by atoms with Gasteiger partial charge in [0.05, 0.1) is 7.11 Å². The zero-order chi connectivity index (χ0) is 20.8. The Morgan fingerprint density at radius 3 is 2.55 bits per heavy atom. The maximum Gasteiger partial charge on any atom is 0.331 e. The van der Waals surface area contributed by atoms with E-state index in [0.29, 0.717) is 17.0 Å². The molecule has 0 aliphatic carbocycles. The van der Waals surface area contributed by atoms with Crippen LogP contribution in [0.25, 0.3) is 16.8 Å². The molecule has 148 valence electrons. The molecule has 3 aromatic carbocycles. The molecular formula is C23H21NO5. The minimum absolute atomic E-state index is 0.00575. The van der Waals surface area contributed by atoms with Gasteiger partial charge < -0.3 is 19.9 Å². The van der Waals surface area contributed by atoms with E-state index in [1.807, 2.05) is 36.4 Å². The summed E-state index contributed by atoms with van der Waals surface area (Å²) in [7, 11) is 1.44. The topological polar surface area (TPSA) is 84.9 Å². The van der Waals surface area contributed by atoms with Crippen LogP contribution in [0.4, 0.5) is 5.69 Å². The highest BCUT2D eigenvalue weighted by Gasteiger charge is 2.16. The van der Waals surface area contributed by atoms with Gasteiger partial charge in [-0.25, -0.2) is 4.79 Å². The average Bonchev–Trinajstić information content (AvgIpc) is 2.73. The second-order valence-electron chi connectivity index (χ2n) is 6.39. The number of esters is 1. The van der Waals surface area contributed by atoms with Crippen molar-refractivity contribution in [2.45, 2.75) is 13.0 Å². The molecule has 2 N–H and O–H groups in total. The summed E-state index contributed by atoms with van der Waals surface area (Å²) in [6.45, 7) is 1.51. The van der Waals surface area contributed by atoms with Gasteiger partial charge in [-0.1, -0.05) is 36.4 Å². The number of amides is 1. The molecule has 3 rings (SSSR count). The van der Waals surface area contributed by atoms with Crippen molar-refractivity contribution in [2.24, 2.45) is 0 Å². The largest absolute Gasteiger partial charge is 0.504 e. The first-order valence-electron chi connectivity index (χ1n) is 9.01. The number of phenols is 1. The second-order valence-corrected chi connectivity index (χ2v) is 6.39. The molecule has 0 aliphatic heterocycles. The molecule has 0 spiro atoms. The third-order valence-corrected chi connectivity index (χ3v) is 4.29. The molecule has 3 aromatic rings. The summed E-state index contributed by atoms with van der Waals surface area (Å²) in [6, 6.07) is 18.1. The summed E-state index contributed by atoms with van der Waals surface area (Å²) in [6.07, 6.45) is 1.76. The molecule has 29 heavy (non-hydrogen) atoms. The van der Waals surface area contributed by atoms with E-state index in [-0.39, 0.29) is 5.75 Å². The Morgan fingerprint density at radius 2 is 1.79 bits per heavy atom. The molecule has 0 radical (unpaired) electrons. The molecule has 0 unspecified atom stereocenters. The molecule has 0 heterocycles. The molecule has 6 nitrogen and oxygen atoms in total. The van der Waals surface area contributed by atoms with Crippen LogP contribution in [-0.4, -0.2) is 30.2 Å². The van der Waals surface area contributed by atoms with Crippen LogP contribution in [0.2, 0.25) is 0 Å². The lowest BCUT2D eigenvalue weighted by atomic mass is 10.1. The molecule has 0 bridgehead atoms. The number of benzene rings is 3. The average molecular weight is 391 g/mol. The fraction of sp³-hybridized carbons (Fsp3) is 0.130. The van der Waals surface area contributed by atoms with Crippen molar-refractivity contribution < 1.29 is 24.2 Å². The number of anilines is 1. The Labute approximate surface area is 168 Å². The summed E-state index contributed by atoms with van der Waals surface area (Å²) in [5, 5.41) is 14.4. The van der Waals surface area contributed by atoms with Crippen LogP contribution in [-0.2, 0) is 14.3 Å². The van der Waals surface area contributed by atoms with Gasteiger partial charge in [0.1, 0.15) is 0 Å². The van der Waals surface area contributed by atoms with Gasteiger partial charge in [-0.2, -0.15) is 0 Å². The van der Waals surface area contributed by atoms with Crippen LogP contribution in [0, 0.1) is 0 Å². The van der Waals surface area contributed by atoms with Gasteiger partial charge in [-0.15, -0.1) is 0 Å². The fourth-order valence-corrected chi connectivity index (χ4v) is 2.74. The Kier molecular flexibility index (Phi) is 6.14. The highest BCUT2D eigenvalue weighted by molar-refractivity contribution is 5.98. The molecule has 1 atom stereocenters. The van der Waals surface area contributed by atoms with Crippen LogP contribution >= 0.6 is 0 Å². The minimum Gasteiger partial charge on any atom is -0.504 e. The maximum absolute atomic E-state index is 12.3. The van der Waals surface area contributed by atoms with E-state index in [2.05, 4.69) is 5.32 Å². The van der Waals surface area contributed by atoms with Crippen molar-refractivity contribution in [3.8, 4) is 11.5 Å². The van der Waals surface area contributed by atoms with Gasteiger partial charge in [0.15, 0.2) is 17.6 Å². The third kappa shape index (κ3) is 5.13. The lowest BCUT2D eigenvalue weighted by molar-refractivity contribution is -0.148. The molecule has 0 saturated heterocycles. The third-order valence-electron chi connectivity index (χ3n) is 4.29. The Morgan fingerprint density at radius 1 is 1.03 bits per heavy atom. The number of phenolic OH excluding ortho intramolecular Hbond substituents is 1. The van der Waals surface area contributed by atoms with Crippen LogP contribution in [0.1, 0.15) is 12.5 Å². The number of methoxy groups -OCH3 is 1. The lowest BCUT2D eigenvalue weighted by Crippen LogP contribution is -2.29. The number of aromatic hydroxyl groups is 1. The van der Waals surface area contributed by atoms with Crippen molar-refractivity contribution in [3.63, 3.8) is 0 Å². The molecule has 6 heteroatoms. The van der Waals surface area contributed by atoms with E-state index in [9.17, 15) is 14.7 Å². The Hall–Kier alpha value is -3.80. The number of carbonyl (C=O) groups excluding carboxylic acids is 2. The first kappa shape index (κ1) is 19.9. The number of hydrogen-bond donors (Lipinski definition) is 2. The Balaban J connectivity index is 1.58. The van der Waals surface area contributed by atoms with Crippen LogP contribution < -0.4 is 10.1 Å². The summed E-state index contributed by atoms with van der Waals surface area (Å²) >= 11 is 0. The molecule has 0 aromatic heterocycles. The molecule has 1 amide bonds. The quantitative estimate of drug-likeness (QED) is 0.487. The van der Waals surface area contributed by atoms with E-state index in [0.717, 1.165) is 10.8 Å². The van der Waals surface area contributed by atoms with Crippen molar-refractivity contribution >= 4 is 34.4 Å². The number of fused-ring (bicyclic) bond motifs is 1. The zero-order valence-electron chi connectivity index (χ0n) is 16.1. The van der Waals surface area contributed by atoms with E-state index in [1.54, 1.807) is 18.2 Å². The first-order valence-corrected chi connectivity index (χ1v) is 9.01. The van der Waals surface area contributed by atoms with Gasteiger partial charge >= 0.3 is 5.97 Å². The lowest BCUT2D eigenvalue weighted by Gasteiger charge is -2.13. The summed E-state index contributed by atoms with van der Waals surface area (Å²) in [5.41, 5.74) is 1.27. The maximum atomic E-state index is 12.3. The van der Waals surface area contributed by atoms with Gasteiger partial charge in [-0.05, 0) is 53.6 Å². The van der Waals surface area contributed by atoms with Crippen molar-refractivity contribution in [1.82, 2.24) is 0 Å². The SMILES string of the molecule is COc1cc(/C=C/C(=O)O[C@@H](C)C(=O)Nc2ccc3ccccc3c2)ccc1O. The van der Waals surface area contributed by atoms with Crippen LogP contribution in [0.3, 0.4) is 0 Å². The van der Waals surface area contributed by atoms with E-state index < -0.39 is 18.0 Å². The van der Waals surface area contributed by atoms with Gasteiger partial charge in [0.25, 0.3) is 5.91 Å². The number of ether oxygens (including phenoxy) is 2. The normalized spacial score (nSPS) is 11.9. The molecular weight excluding hydrogens is 370 g/mol. The number of hydrogen-bond acceptors (Lipinski definition) is 5. The highest BCUT2D eigenvalue weighted by atomic mass is 16.5. The van der Waals surface area contributed by atoms with E-state index in [4.69, 9.17) is 9.47 Å². The summed E-state index contributed by atoms with van der Waals surface area (Å²) in [4.78, 5) is 24.3. The van der Waals surface area contributed by atoms with Crippen molar-refractivity contribution in [1.29, 1.82) is 0 Å². The predicted molar refractivity (Wildman–Crippen MR) is 112 cm³/mol. The number of rotatable bonds is 6. The monoisotopic (exact) mass is 391 g/mol. The highest BCUT2D eigenvalue weighted by Crippen LogP contribution is 2.26. The van der Waals surface area contributed by atoms with Crippen LogP contribution in [0.5, 0.6) is 11.5 Å². The zero-order valence-corrected chi connectivity index (χ0v) is 16.1.